The molecule has 0 bridgehead atoms. The van der Waals surface area contributed by atoms with Crippen molar-refractivity contribution in [2.24, 2.45) is 0 Å². The van der Waals surface area contributed by atoms with E-state index in [0.29, 0.717) is 0 Å². The second kappa shape index (κ2) is 17.3. The molecule has 0 unspecified atom stereocenters. The molecule has 3 heterocycles. The predicted molar refractivity (Wildman–Crippen MR) is 309 cm³/mol. The van der Waals surface area contributed by atoms with Crippen LogP contribution in [0.5, 0.6) is 0 Å². The van der Waals surface area contributed by atoms with Crippen molar-refractivity contribution in [3.63, 3.8) is 0 Å². The lowest BCUT2D eigenvalue weighted by atomic mass is 9.81. The maximum atomic E-state index is 4.99. The van der Waals surface area contributed by atoms with Crippen LogP contribution in [0.1, 0.15) is 25.0 Å². The fourth-order valence-electron chi connectivity index (χ4n) is 11.8. The van der Waals surface area contributed by atoms with Gasteiger partial charge in [0.2, 0.25) is 0 Å². The summed E-state index contributed by atoms with van der Waals surface area (Å²) in [6.07, 6.45) is 12.0. The topological polar surface area (TPSA) is 48.4 Å². The molecule has 1 aliphatic carbocycles. The van der Waals surface area contributed by atoms with E-state index in [4.69, 9.17) is 15.0 Å². The van der Waals surface area contributed by atoms with Crippen LogP contribution in [-0.4, -0.2) is 15.0 Å². The number of para-hydroxylation sites is 3. The first-order chi connectivity index (χ1) is 36.5. The van der Waals surface area contributed by atoms with Crippen LogP contribution in [-0.2, 0) is 5.41 Å². The zero-order valence-electron chi connectivity index (χ0n) is 40.9. The van der Waals surface area contributed by atoms with Gasteiger partial charge in [-0.1, -0.05) is 172 Å². The summed E-state index contributed by atoms with van der Waals surface area (Å²) in [7, 11) is 0. The first-order valence-corrected chi connectivity index (χ1v) is 25.2. The van der Waals surface area contributed by atoms with Crippen LogP contribution < -0.4 is 14.7 Å². The number of hydrogen-bond acceptors (Lipinski definition) is 6. The summed E-state index contributed by atoms with van der Waals surface area (Å²) < 4.78 is 0. The van der Waals surface area contributed by atoms with E-state index in [9.17, 15) is 0 Å². The first kappa shape index (κ1) is 43.2. The van der Waals surface area contributed by atoms with E-state index in [-0.39, 0.29) is 5.41 Å². The van der Waals surface area contributed by atoms with Crippen LogP contribution in [0.2, 0.25) is 0 Å². The van der Waals surface area contributed by atoms with Crippen molar-refractivity contribution in [1.29, 1.82) is 0 Å². The van der Waals surface area contributed by atoms with Gasteiger partial charge < -0.3 is 14.7 Å². The van der Waals surface area contributed by atoms with E-state index < -0.39 is 0 Å². The van der Waals surface area contributed by atoms with Crippen LogP contribution in [0, 0.1) is 0 Å². The van der Waals surface area contributed by atoms with Gasteiger partial charge in [0.25, 0.3) is 0 Å². The monoisotopic (exact) mass is 948 g/mol. The average Bonchev–Trinajstić information content (AvgIpc) is 3.69. The Morgan fingerprint density at radius 2 is 0.689 bits per heavy atom. The van der Waals surface area contributed by atoms with E-state index in [0.717, 1.165) is 105 Å². The number of rotatable bonds is 9. The molecule has 1 aliphatic rings. The molecule has 0 aliphatic heterocycles. The lowest BCUT2D eigenvalue weighted by molar-refractivity contribution is 0.661. The smallest absolute Gasteiger partial charge is 0.0723 e. The molecular formula is C68H48N6. The molecule has 6 heteroatoms. The van der Waals surface area contributed by atoms with E-state index in [1.807, 2.05) is 37.2 Å². The fraction of sp³-hybridized carbons (Fsp3) is 0.0441. The summed E-state index contributed by atoms with van der Waals surface area (Å²) in [6, 6.07) is 79.0. The average molecular weight is 949 g/mol. The highest BCUT2D eigenvalue weighted by Gasteiger charge is 2.38. The van der Waals surface area contributed by atoms with Gasteiger partial charge in [-0.15, -0.1) is 0 Å². The molecule has 0 spiro atoms. The Balaban J connectivity index is 1.21. The fourth-order valence-corrected chi connectivity index (χ4v) is 11.8. The summed E-state index contributed by atoms with van der Waals surface area (Å²) in [5.74, 6) is 0. The highest BCUT2D eigenvalue weighted by Crippen LogP contribution is 2.57. The largest absolute Gasteiger partial charge is 0.308 e. The maximum absolute atomic E-state index is 4.99. The quantitative estimate of drug-likeness (QED) is 0.106. The highest BCUT2D eigenvalue weighted by molar-refractivity contribution is 6.26. The predicted octanol–water partition coefficient (Wildman–Crippen LogP) is 18.4. The Bertz CT molecular complexity index is 4290. The lowest BCUT2D eigenvalue weighted by Gasteiger charge is -2.34. The molecule has 0 fully saturated rings. The Morgan fingerprint density at radius 1 is 0.284 bits per heavy atom. The van der Waals surface area contributed by atoms with Gasteiger partial charge in [-0.05, 0) is 82.9 Å². The van der Waals surface area contributed by atoms with E-state index >= 15 is 0 Å². The van der Waals surface area contributed by atoms with Crippen molar-refractivity contribution < 1.29 is 0 Å². The van der Waals surface area contributed by atoms with Gasteiger partial charge in [0.15, 0.2) is 0 Å². The minimum atomic E-state index is -0.281. The number of aromatic nitrogens is 3. The van der Waals surface area contributed by atoms with E-state index in [2.05, 4.69) is 247 Å². The van der Waals surface area contributed by atoms with Gasteiger partial charge in [0, 0.05) is 101 Å². The maximum Gasteiger partial charge on any atom is 0.0723 e. The number of fused-ring (bicyclic) bond motifs is 8. The molecule has 14 rings (SSSR count). The van der Waals surface area contributed by atoms with Gasteiger partial charge in [-0.25, -0.2) is 0 Å². The SMILES string of the molecule is CC1(C)c2ccccc2-c2cc3c(N(c4ccccc4)c4cncc5ccccc45)c4cc(N(c5ccccc5)c5cncc6ccccc56)ccc4c(N(c4ccccc4)c4cncc5ccccc45)c3cc21. The van der Waals surface area contributed by atoms with Crippen LogP contribution in [0.3, 0.4) is 0 Å². The number of benzene rings is 10. The van der Waals surface area contributed by atoms with Gasteiger partial charge in [-0.2, -0.15) is 0 Å². The molecule has 0 amide bonds. The third kappa shape index (κ3) is 6.83. The van der Waals surface area contributed by atoms with Crippen molar-refractivity contribution in [1.82, 2.24) is 15.0 Å². The zero-order chi connectivity index (χ0) is 49.3. The highest BCUT2D eigenvalue weighted by atomic mass is 15.2. The molecule has 10 aromatic carbocycles. The Labute approximate surface area is 429 Å². The molecule has 0 saturated carbocycles. The second-order valence-electron chi connectivity index (χ2n) is 19.7. The minimum Gasteiger partial charge on any atom is -0.308 e. The van der Waals surface area contributed by atoms with Crippen molar-refractivity contribution >= 4 is 105 Å². The van der Waals surface area contributed by atoms with Crippen molar-refractivity contribution in [2.45, 2.75) is 19.3 Å². The number of hydrogen-bond donors (Lipinski definition) is 0. The van der Waals surface area contributed by atoms with Crippen LogP contribution in [0.25, 0.3) is 65.0 Å². The van der Waals surface area contributed by atoms with Gasteiger partial charge in [0.1, 0.15) is 0 Å². The Morgan fingerprint density at radius 3 is 1.22 bits per heavy atom. The van der Waals surface area contributed by atoms with Crippen LogP contribution >= 0.6 is 0 Å². The molecule has 0 atom stereocenters. The summed E-state index contributed by atoms with van der Waals surface area (Å²) in [6.45, 7) is 4.75. The Hall–Kier alpha value is -9.65. The molecule has 350 valence electrons. The molecule has 3 aromatic heterocycles. The van der Waals surface area contributed by atoms with Crippen LogP contribution in [0.15, 0.2) is 256 Å². The van der Waals surface area contributed by atoms with Gasteiger partial charge in [-0.3, -0.25) is 15.0 Å². The van der Waals surface area contributed by atoms with E-state index in [1.54, 1.807) is 0 Å². The molecular weight excluding hydrogens is 901 g/mol. The van der Waals surface area contributed by atoms with Crippen molar-refractivity contribution in [3.05, 3.63) is 267 Å². The molecule has 0 N–H and O–H groups in total. The number of anilines is 9. The standard InChI is InChI=1S/C68H48N6/c1-68(2)61-33-19-18-32-55(61)57-37-59-60(38-62(57)68)66(73(49-25-8-4-9-26-49)64-43-70-40-46-21-13-16-30-53(46)64)56-35-34-51(72(48-23-6-3-7-24-48)63-42-69-39-45-20-12-15-29-52(45)63)36-58(56)67(59)74(50-27-10-5-11-28-50)65-44-71-41-47-22-14-17-31-54(47)65/h3-44H,1-2H3. The van der Waals surface area contributed by atoms with E-state index in [1.165, 1.54) is 22.3 Å². The first-order valence-electron chi connectivity index (χ1n) is 25.2. The third-order valence-corrected chi connectivity index (χ3v) is 15.2. The molecule has 74 heavy (non-hydrogen) atoms. The molecule has 13 aromatic rings. The van der Waals surface area contributed by atoms with Gasteiger partial charge >= 0.3 is 0 Å². The zero-order valence-corrected chi connectivity index (χ0v) is 40.9. The normalized spacial score (nSPS) is 12.6. The summed E-state index contributed by atoms with van der Waals surface area (Å²) in [5, 5.41) is 10.8. The molecule has 6 nitrogen and oxygen atoms in total. The lowest BCUT2D eigenvalue weighted by Crippen LogP contribution is -2.17. The minimum absolute atomic E-state index is 0.281. The van der Waals surface area contributed by atoms with Crippen molar-refractivity contribution in [3.8, 4) is 11.1 Å². The Kier molecular flexibility index (Phi) is 10.1. The summed E-state index contributed by atoms with van der Waals surface area (Å²) in [4.78, 5) is 22.1. The third-order valence-electron chi connectivity index (χ3n) is 15.2. The number of nitrogens with zero attached hydrogens (tertiary/aromatic N) is 6. The summed E-state index contributed by atoms with van der Waals surface area (Å²) >= 11 is 0. The second-order valence-corrected chi connectivity index (χ2v) is 19.7. The number of pyridine rings is 3. The molecule has 0 saturated heterocycles. The summed E-state index contributed by atoms with van der Waals surface area (Å²) in [5.41, 5.74) is 13.9. The van der Waals surface area contributed by atoms with Gasteiger partial charge in [0.05, 0.1) is 47.0 Å². The van der Waals surface area contributed by atoms with Crippen molar-refractivity contribution in [2.75, 3.05) is 14.7 Å². The molecule has 0 radical (unpaired) electrons. The van der Waals surface area contributed by atoms with Crippen LogP contribution in [0.4, 0.5) is 51.2 Å².